The van der Waals surface area contributed by atoms with Gasteiger partial charge >= 0.3 is 0 Å². The molecule has 1 aliphatic heterocycles. The second kappa shape index (κ2) is 7.60. The average Bonchev–Trinajstić information content (AvgIpc) is 3.01. The number of rotatable bonds is 6. The zero-order chi connectivity index (χ0) is 19.5. The number of amides is 1. The fraction of sp³-hybridized carbons (Fsp3) is 0.182. The molecule has 142 valence electrons. The number of benzene rings is 2. The highest BCUT2D eigenvalue weighted by Gasteiger charge is 2.37. The van der Waals surface area contributed by atoms with Crippen molar-refractivity contribution in [2.24, 2.45) is 0 Å². The topological polar surface area (TPSA) is 63.7 Å². The van der Waals surface area contributed by atoms with Crippen LogP contribution in [0.15, 0.2) is 66.9 Å². The maximum atomic E-state index is 13.0. The van der Waals surface area contributed by atoms with Gasteiger partial charge in [-0.1, -0.05) is 12.1 Å². The minimum atomic E-state index is -0.348. The van der Waals surface area contributed by atoms with E-state index in [1.165, 1.54) is 0 Å². The fourth-order valence-corrected chi connectivity index (χ4v) is 3.32. The van der Waals surface area contributed by atoms with Gasteiger partial charge in [-0.2, -0.15) is 0 Å². The lowest BCUT2D eigenvalue weighted by Gasteiger charge is -2.26. The summed E-state index contributed by atoms with van der Waals surface area (Å²) in [6.07, 6.45) is 1.37. The monoisotopic (exact) mass is 375 g/mol. The van der Waals surface area contributed by atoms with Gasteiger partial charge in [-0.3, -0.25) is 9.78 Å². The summed E-state index contributed by atoms with van der Waals surface area (Å²) < 4.78 is 10.4. The second-order valence-corrected chi connectivity index (χ2v) is 6.49. The van der Waals surface area contributed by atoms with E-state index in [-0.39, 0.29) is 12.1 Å². The van der Waals surface area contributed by atoms with Crippen LogP contribution in [0.5, 0.6) is 11.5 Å². The van der Waals surface area contributed by atoms with E-state index in [0.29, 0.717) is 12.1 Å². The lowest BCUT2D eigenvalue weighted by molar-refractivity contribution is 0.0727. The van der Waals surface area contributed by atoms with E-state index in [2.05, 4.69) is 10.3 Å². The molecular weight excluding hydrogens is 354 g/mol. The summed E-state index contributed by atoms with van der Waals surface area (Å²) in [5.41, 5.74) is 3.26. The first-order valence-electron chi connectivity index (χ1n) is 8.99. The van der Waals surface area contributed by atoms with Crippen LogP contribution in [0, 0.1) is 0 Å². The van der Waals surface area contributed by atoms with Crippen molar-refractivity contribution in [3.63, 3.8) is 0 Å². The molecule has 1 aromatic heterocycles. The van der Waals surface area contributed by atoms with Crippen molar-refractivity contribution < 1.29 is 14.3 Å². The third-order valence-corrected chi connectivity index (χ3v) is 4.81. The Balaban J connectivity index is 1.63. The molecule has 2 heterocycles. The van der Waals surface area contributed by atoms with Crippen LogP contribution in [0.4, 0.5) is 5.69 Å². The standard InChI is InChI=1S/C22H21N3O3/c1-27-17-9-5-15(6-10-17)14-25-21(20-19(22(25)26)4-3-13-23-20)24-16-7-11-18(28-2)12-8-16/h3-13,21,24H,14H2,1-2H3/t21-/m1/s1. The number of carbonyl (C=O) groups is 1. The minimum absolute atomic E-state index is 0.0371. The maximum absolute atomic E-state index is 13.0. The Kier molecular flexibility index (Phi) is 4.85. The van der Waals surface area contributed by atoms with Crippen LogP contribution in [0.3, 0.4) is 0 Å². The summed E-state index contributed by atoms with van der Waals surface area (Å²) >= 11 is 0. The number of ether oxygens (including phenoxy) is 2. The zero-order valence-corrected chi connectivity index (χ0v) is 15.8. The Morgan fingerprint density at radius 2 is 1.61 bits per heavy atom. The predicted molar refractivity (Wildman–Crippen MR) is 106 cm³/mol. The van der Waals surface area contributed by atoms with Gasteiger partial charge in [-0.05, 0) is 54.1 Å². The molecule has 2 aromatic carbocycles. The normalized spacial score (nSPS) is 15.3. The van der Waals surface area contributed by atoms with Crippen molar-refractivity contribution in [3.05, 3.63) is 83.7 Å². The van der Waals surface area contributed by atoms with Gasteiger partial charge in [0, 0.05) is 18.4 Å². The Morgan fingerprint density at radius 1 is 0.964 bits per heavy atom. The molecule has 28 heavy (non-hydrogen) atoms. The number of nitrogens with one attached hydrogen (secondary N) is 1. The molecule has 6 nitrogen and oxygen atoms in total. The van der Waals surface area contributed by atoms with Crippen molar-refractivity contribution in [2.75, 3.05) is 19.5 Å². The molecule has 4 rings (SSSR count). The molecular formula is C22H21N3O3. The number of hydrogen-bond donors (Lipinski definition) is 1. The average molecular weight is 375 g/mol. The molecule has 0 unspecified atom stereocenters. The lowest BCUT2D eigenvalue weighted by Crippen LogP contribution is -2.32. The number of fused-ring (bicyclic) bond motifs is 1. The number of anilines is 1. The van der Waals surface area contributed by atoms with Crippen LogP contribution in [0.1, 0.15) is 27.8 Å². The van der Waals surface area contributed by atoms with Crippen LogP contribution < -0.4 is 14.8 Å². The third kappa shape index (κ3) is 3.36. The quantitative estimate of drug-likeness (QED) is 0.709. The van der Waals surface area contributed by atoms with E-state index in [1.807, 2.05) is 54.6 Å². The van der Waals surface area contributed by atoms with Gasteiger partial charge in [0.25, 0.3) is 5.91 Å². The number of carbonyl (C=O) groups excluding carboxylic acids is 1. The highest BCUT2D eigenvalue weighted by molar-refractivity contribution is 5.98. The summed E-state index contributed by atoms with van der Waals surface area (Å²) in [4.78, 5) is 19.3. The summed E-state index contributed by atoms with van der Waals surface area (Å²) in [5, 5.41) is 3.43. The maximum Gasteiger partial charge on any atom is 0.258 e. The third-order valence-electron chi connectivity index (χ3n) is 4.81. The Labute approximate surface area is 163 Å². The van der Waals surface area contributed by atoms with E-state index in [0.717, 1.165) is 28.4 Å². The van der Waals surface area contributed by atoms with E-state index >= 15 is 0 Å². The van der Waals surface area contributed by atoms with Crippen molar-refractivity contribution in [3.8, 4) is 11.5 Å². The lowest BCUT2D eigenvalue weighted by atomic mass is 10.2. The van der Waals surface area contributed by atoms with Crippen LogP contribution in [0.2, 0.25) is 0 Å². The van der Waals surface area contributed by atoms with Gasteiger partial charge in [-0.15, -0.1) is 0 Å². The van der Waals surface area contributed by atoms with Crippen molar-refractivity contribution >= 4 is 11.6 Å². The van der Waals surface area contributed by atoms with Gasteiger partial charge in [0.1, 0.15) is 17.7 Å². The summed E-state index contributed by atoms with van der Waals surface area (Å²) in [5.74, 6) is 1.53. The first kappa shape index (κ1) is 17.9. The molecule has 3 aromatic rings. The van der Waals surface area contributed by atoms with E-state index in [1.54, 1.807) is 31.4 Å². The van der Waals surface area contributed by atoms with Crippen molar-refractivity contribution in [2.45, 2.75) is 12.7 Å². The molecule has 0 bridgehead atoms. The van der Waals surface area contributed by atoms with E-state index in [9.17, 15) is 4.79 Å². The van der Waals surface area contributed by atoms with E-state index in [4.69, 9.17) is 9.47 Å². The number of nitrogens with zero attached hydrogens (tertiary/aromatic N) is 2. The molecule has 0 saturated heterocycles. The molecule has 1 aliphatic rings. The Bertz CT molecular complexity index is 971. The van der Waals surface area contributed by atoms with Gasteiger partial charge < -0.3 is 19.7 Å². The van der Waals surface area contributed by atoms with Gasteiger partial charge in [0.15, 0.2) is 0 Å². The molecule has 1 N–H and O–H groups in total. The largest absolute Gasteiger partial charge is 0.497 e. The highest BCUT2D eigenvalue weighted by atomic mass is 16.5. The fourth-order valence-electron chi connectivity index (χ4n) is 3.32. The molecule has 0 fully saturated rings. The Morgan fingerprint density at radius 3 is 2.25 bits per heavy atom. The van der Waals surface area contributed by atoms with Gasteiger partial charge in [-0.25, -0.2) is 0 Å². The van der Waals surface area contributed by atoms with Crippen LogP contribution in [-0.2, 0) is 6.54 Å². The number of hydrogen-bond acceptors (Lipinski definition) is 5. The van der Waals surface area contributed by atoms with Crippen molar-refractivity contribution in [1.29, 1.82) is 0 Å². The number of pyridine rings is 1. The molecule has 0 spiro atoms. The highest BCUT2D eigenvalue weighted by Crippen LogP contribution is 2.34. The van der Waals surface area contributed by atoms with Crippen LogP contribution >= 0.6 is 0 Å². The van der Waals surface area contributed by atoms with Gasteiger partial charge in [0.2, 0.25) is 0 Å². The molecule has 0 saturated carbocycles. The van der Waals surface area contributed by atoms with Crippen molar-refractivity contribution in [1.82, 2.24) is 9.88 Å². The second-order valence-electron chi connectivity index (χ2n) is 6.49. The number of aromatic nitrogens is 1. The van der Waals surface area contributed by atoms with Crippen LogP contribution in [-0.4, -0.2) is 30.0 Å². The smallest absolute Gasteiger partial charge is 0.258 e. The first-order chi connectivity index (χ1) is 13.7. The predicted octanol–water partition coefficient (Wildman–Crippen LogP) is 3.87. The molecule has 6 heteroatoms. The number of methoxy groups -OCH3 is 2. The SMILES string of the molecule is COc1ccc(CN2C(=O)c3cccnc3[C@@H]2Nc2ccc(OC)cc2)cc1. The molecule has 1 atom stereocenters. The molecule has 0 aliphatic carbocycles. The summed E-state index contributed by atoms with van der Waals surface area (Å²) in [6.45, 7) is 0.465. The zero-order valence-electron chi connectivity index (χ0n) is 15.8. The summed E-state index contributed by atoms with van der Waals surface area (Å²) in [7, 11) is 3.27. The molecule has 0 radical (unpaired) electrons. The Hall–Kier alpha value is -3.54. The first-order valence-corrected chi connectivity index (χ1v) is 8.99. The van der Waals surface area contributed by atoms with E-state index < -0.39 is 0 Å². The minimum Gasteiger partial charge on any atom is -0.497 e. The molecule has 1 amide bonds. The van der Waals surface area contributed by atoms with Crippen LogP contribution in [0.25, 0.3) is 0 Å². The summed E-state index contributed by atoms with van der Waals surface area (Å²) in [6, 6.07) is 18.9. The van der Waals surface area contributed by atoms with Gasteiger partial charge in [0.05, 0.1) is 25.5 Å².